The lowest BCUT2D eigenvalue weighted by molar-refractivity contribution is 0.577. The van der Waals surface area contributed by atoms with Gasteiger partial charge in [0, 0.05) is 18.8 Å². The second-order valence-electron chi connectivity index (χ2n) is 5.88. The Morgan fingerprint density at radius 2 is 1.74 bits per heavy atom. The summed E-state index contributed by atoms with van der Waals surface area (Å²) in [6.45, 7) is 5.88. The summed E-state index contributed by atoms with van der Waals surface area (Å²) >= 11 is 0. The second kappa shape index (κ2) is 5.24. The van der Waals surface area contributed by atoms with Gasteiger partial charge >= 0.3 is 0 Å². The molecular weight excluding hydrogens is 296 g/mol. The highest BCUT2D eigenvalue weighted by atomic mass is 19.1. The van der Waals surface area contributed by atoms with Gasteiger partial charge in [-0.3, -0.25) is 0 Å². The van der Waals surface area contributed by atoms with Crippen LogP contribution in [-0.2, 0) is 0 Å². The number of hydrogen-bond acceptors (Lipinski definition) is 3. The smallest absolute Gasteiger partial charge is 0.169 e. The molecule has 0 saturated heterocycles. The third-order valence-electron chi connectivity index (χ3n) is 4.51. The van der Waals surface area contributed by atoms with Crippen molar-refractivity contribution in [3.8, 4) is 6.07 Å². The summed E-state index contributed by atoms with van der Waals surface area (Å²) in [4.78, 5) is 3.66. The molecule has 0 aromatic heterocycles. The Morgan fingerprint density at radius 1 is 1.13 bits per heavy atom. The maximum Gasteiger partial charge on any atom is 0.169 e. The highest BCUT2D eigenvalue weighted by molar-refractivity contribution is 5.86. The molecule has 0 radical (unpaired) electrons. The minimum Gasteiger partial charge on any atom is -0.350 e. The molecule has 0 N–H and O–H groups in total. The number of anilines is 3. The second-order valence-corrected chi connectivity index (χ2v) is 5.88. The van der Waals surface area contributed by atoms with Crippen molar-refractivity contribution in [2.75, 3.05) is 16.8 Å². The number of fused-ring (bicyclic) bond motifs is 1. The zero-order valence-electron chi connectivity index (χ0n) is 13.5. The number of para-hydroxylation sites is 1. The molecule has 2 aromatic carbocycles. The number of nitriles is 1. The Hall–Kier alpha value is -2.61. The fourth-order valence-corrected chi connectivity index (χ4v) is 3.27. The van der Waals surface area contributed by atoms with Crippen LogP contribution in [0.5, 0.6) is 0 Å². The lowest BCUT2D eigenvalue weighted by atomic mass is 10.1. The maximum atomic E-state index is 14.6. The van der Waals surface area contributed by atoms with Crippen molar-refractivity contribution in [1.29, 1.82) is 5.26 Å². The topological polar surface area (TPSA) is 30.3 Å². The molecule has 0 fully saturated rings. The van der Waals surface area contributed by atoms with E-state index in [9.17, 15) is 8.78 Å². The molecule has 0 aliphatic carbocycles. The molecule has 1 aliphatic heterocycles. The monoisotopic (exact) mass is 313 g/mol. The molecule has 3 rings (SSSR count). The third kappa shape index (κ3) is 2.06. The van der Waals surface area contributed by atoms with Crippen LogP contribution in [0.1, 0.15) is 23.6 Å². The number of nitrogens with zero attached hydrogens (tertiary/aromatic N) is 3. The highest BCUT2D eigenvalue weighted by Gasteiger charge is 2.37. The zero-order chi connectivity index (χ0) is 16.9. The van der Waals surface area contributed by atoms with Crippen LogP contribution in [0.4, 0.5) is 25.8 Å². The number of benzene rings is 2. The molecule has 118 valence electrons. The van der Waals surface area contributed by atoms with E-state index in [0.717, 1.165) is 16.8 Å². The molecule has 0 amide bonds. The lowest BCUT2D eigenvalue weighted by Gasteiger charge is -2.30. The fraction of sp³-hybridized carbons (Fsp3) is 0.278. The van der Waals surface area contributed by atoms with E-state index < -0.39 is 17.2 Å². The van der Waals surface area contributed by atoms with Gasteiger partial charge in [0.2, 0.25) is 0 Å². The first-order chi connectivity index (χ1) is 10.9. The Kier molecular flexibility index (Phi) is 3.48. The first kappa shape index (κ1) is 15.3. The average Bonchev–Trinajstić information content (AvgIpc) is 2.72. The lowest BCUT2D eigenvalue weighted by Crippen LogP contribution is -2.36. The molecule has 5 heteroatoms. The number of hydrogen-bond donors (Lipinski definition) is 0. The summed E-state index contributed by atoms with van der Waals surface area (Å²) in [6, 6.07) is 8.77. The normalized spacial score (nSPS) is 16.5. The summed E-state index contributed by atoms with van der Waals surface area (Å²) in [7, 11) is 1.75. The van der Waals surface area contributed by atoms with Gasteiger partial charge in [0.15, 0.2) is 5.82 Å². The molecule has 0 unspecified atom stereocenters. The van der Waals surface area contributed by atoms with Crippen molar-refractivity contribution in [2.24, 2.45) is 0 Å². The minimum atomic E-state index is -0.831. The van der Waals surface area contributed by atoms with Crippen LogP contribution >= 0.6 is 0 Å². The Morgan fingerprint density at radius 3 is 2.30 bits per heavy atom. The summed E-state index contributed by atoms with van der Waals surface area (Å²) in [5.41, 5.74) is 3.18. The third-order valence-corrected chi connectivity index (χ3v) is 4.51. The van der Waals surface area contributed by atoms with Crippen molar-refractivity contribution in [3.63, 3.8) is 0 Å². The molecule has 0 saturated carbocycles. The molecule has 3 nitrogen and oxygen atoms in total. The van der Waals surface area contributed by atoms with Gasteiger partial charge in [-0.2, -0.15) is 5.26 Å². The van der Waals surface area contributed by atoms with Gasteiger partial charge in [0.25, 0.3) is 0 Å². The standard InChI is InChI=1S/C18H17F2N3/c1-10-6-5-7-11(2)17(10)23-12(3)22(4)18-15(23)8-14(19)13(9-21)16(18)20/h5-8,12H,1-4H3/t12-/m0/s1. The van der Waals surface area contributed by atoms with Gasteiger partial charge in [-0.25, -0.2) is 8.78 Å². The van der Waals surface area contributed by atoms with E-state index >= 15 is 0 Å². The van der Waals surface area contributed by atoms with Gasteiger partial charge in [-0.05, 0) is 31.9 Å². The predicted molar refractivity (Wildman–Crippen MR) is 87.0 cm³/mol. The van der Waals surface area contributed by atoms with Crippen molar-refractivity contribution >= 4 is 17.1 Å². The number of aryl methyl sites for hydroxylation is 2. The van der Waals surface area contributed by atoms with Crippen molar-refractivity contribution in [1.82, 2.24) is 0 Å². The Bertz CT molecular complexity index is 819. The Balaban J connectivity index is 2.31. The first-order valence-electron chi connectivity index (χ1n) is 7.38. The molecule has 0 spiro atoms. The fourth-order valence-electron chi connectivity index (χ4n) is 3.27. The van der Waals surface area contributed by atoms with Crippen molar-refractivity contribution < 1.29 is 8.78 Å². The van der Waals surface area contributed by atoms with E-state index in [2.05, 4.69) is 0 Å². The Labute approximate surface area is 134 Å². The van der Waals surface area contributed by atoms with Gasteiger partial charge in [0.05, 0.1) is 5.69 Å². The highest BCUT2D eigenvalue weighted by Crippen LogP contribution is 2.47. The predicted octanol–water partition coefficient (Wildman–Crippen LogP) is 4.39. The summed E-state index contributed by atoms with van der Waals surface area (Å²) in [6.07, 6.45) is -0.187. The summed E-state index contributed by atoms with van der Waals surface area (Å²) in [5, 5.41) is 8.99. The summed E-state index contributed by atoms with van der Waals surface area (Å²) < 4.78 is 28.8. The summed E-state index contributed by atoms with van der Waals surface area (Å²) in [5.74, 6) is -1.63. The van der Waals surface area contributed by atoms with E-state index in [1.165, 1.54) is 6.07 Å². The molecular formula is C18H17F2N3. The first-order valence-corrected chi connectivity index (χ1v) is 7.38. The van der Waals surface area contributed by atoms with Crippen LogP contribution in [0, 0.1) is 36.8 Å². The largest absolute Gasteiger partial charge is 0.350 e. The molecule has 1 atom stereocenters. The van der Waals surface area contributed by atoms with Gasteiger partial charge in [0.1, 0.15) is 29.3 Å². The van der Waals surface area contributed by atoms with Crippen molar-refractivity contribution in [2.45, 2.75) is 26.9 Å². The van der Waals surface area contributed by atoms with E-state index in [1.54, 1.807) is 18.0 Å². The molecule has 2 aromatic rings. The molecule has 23 heavy (non-hydrogen) atoms. The van der Waals surface area contributed by atoms with Crippen LogP contribution in [0.2, 0.25) is 0 Å². The van der Waals surface area contributed by atoms with E-state index in [-0.39, 0.29) is 11.9 Å². The van der Waals surface area contributed by atoms with E-state index in [4.69, 9.17) is 5.26 Å². The quantitative estimate of drug-likeness (QED) is 0.782. The van der Waals surface area contributed by atoms with Gasteiger partial charge in [-0.1, -0.05) is 18.2 Å². The molecule has 0 bridgehead atoms. The maximum absolute atomic E-state index is 14.6. The SMILES string of the molecule is Cc1cccc(C)c1N1c2cc(F)c(C#N)c(F)c2N(C)[C@@H]1C. The van der Waals surface area contributed by atoms with Gasteiger partial charge < -0.3 is 9.80 Å². The number of rotatable bonds is 1. The molecule has 1 heterocycles. The van der Waals surface area contributed by atoms with Crippen molar-refractivity contribution in [3.05, 3.63) is 52.6 Å². The van der Waals surface area contributed by atoms with Crippen LogP contribution in [0.25, 0.3) is 0 Å². The van der Waals surface area contributed by atoms with Crippen LogP contribution in [-0.4, -0.2) is 13.2 Å². The number of halogens is 2. The van der Waals surface area contributed by atoms with E-state index in [1.807, 2.05) is 43.9 Å². The molecule has 1 aliphatic rings. The zero-order valence-corrected chi connectivity index (χ0v) is 13.5. The van der Waals surface area contributed by atoms with Crippen LogP contribution in [0.15, 0.2) is 24.3 Å². The van der Waals surface area contributed by atoms with Crippen LogP contribution in [0.3, 0.4) is 0 Å². The average molecular weight is 313 g/mol. The van der Waals surface area contributed by atoms with Gasteiger partial charge in [-0.15, -0.1) is 0 Å². The van der Waals surface area contributed by atoms with Crippen LogP contribution < -0.4 is 9.80 Å². The minimum absolute atomic E-state index is 0.187. The van der Waals surface area contributed by atoms with E-state index in [0.29, 0.717) is 5.69 Å².